The molecule has 4 atom stereocenters. The lowest BCUT2D eigenvalue weighted by molar-refractivity contribution is 0.0729. The first-order valence-corrected chi connectivity index (χ1v) is 7.60. The van der Waals surface area contributed by atoms with Crippen molar-refractivity contribution in [2.75, 3.05) is 5.88 Å². The highest BCUT2D eigenvalue weighted by Gasteiger charge is 2.37. The first-order valence-electron chi connectivity index (χ1n) is 6.63. The van der Waals surface area contributed by atoms with Gasteiger partial charge in [0.2, 0.25) is 0 Å². The van der Waals surface area contributed by atoms with Gasteiger partial charge in [0.15, 0.2) is 0 Å². The Hall–Kier alpha value is -0.240. The number of likely N-dealkylation sites (tertiary alicyclic amines) is 1. The van der Waals surface area contributed by atoms with E-state index in [1.54, 1.807) is 0 Å². The summed E-state index contributed by atoms with van der Waals surface area (Å²) in [7, 11) is 0. The number of benzene rings is 1. The van der Waals surface area contributed by atoms with Gasteiger partial charge in [0.05, 0.1) is 5.38 Å². The van der Waals surface area contributed by atoms with Gasteiger partial charge < -0.3 is 0 Å². The zero-order valence-corrected chi connectivity index (χ0v) is 12.5. The fourth-order valence-electron chi connectivity index (χ4n) is 2.92. The Morgan fingerprint density at radius 3 is 2.50 bits per heavy atom. The van der Waals surface area contributed by atoms with Crippen molar-refractivity contribution in [1.29, 1.82) is 0 Å². The fourth-order valence-corrected chi connectivity index (χ4v) is 3.67. The van der Waals surface area contributed by atoms with Crippen molar-refractivity contribution < 1.29 is 0 Å². The molecule has 1 nitrogen and oxygen atoms in total. The minimum Gasteiger partial charge on any atom is -0.292 e. The highest BCUT2D eigenvalue weighted by Crippen LogP contribution is 2.33. The predicted molar refractivity (Wildman–Crippen MR) is 79.4 cm³/mol. The van der Waals surface area contributed by atoms with E-state index in [1.807, 2.05) is 0 Å². The van der Waals surface area contributed by atoms with Gasteiger partial charge in [-0.05, 0) is 31.7 Å². The van der Waals surface area contributed by atoms with E-state index < -0.39 is 0 Å². The van der Waals surface area contributed by atoms with Crippen LogP contribution in [0.15, 0.2) is 30.3 Å². The lowest BCUT2D eigenvalue weighted by Crippen LogP contribution is -2.52. The fraction of sp³-hybridized carbons (Fsp3) is 0.600. The van der Waals surface area contributed by atoms with Crippen molar-refractivity contribution in [3.05, 3.63) is 35.9 Å². The maximum absolute atomic E-state index is 6.53. The molecule has 1 aliphatic heterocycles. The quantitative estimate of drug-likeness (QED) is 0.755. The molecule has 18 heavy (non-hydrogen) atoms. The molecule has 1 saturated heterocycles. The van der Waals surface area contributed by atoms with Crippen LogP contribution in [-0.4, -0.2) is 28.2 Å². The molecule has 1 fully saturated rings. The van der Waals surface area contributed by atoms with E-state index in [0.717, 1.165) is 13.0 Å². The highest BCUT2D eigenvalue weighted by atomic mass is 35.5. The first-order chi connectivity index (χ1) is 8.63. The van der Waals surface area contributed by atoms with Crippen LogP contribution in [-0.2, 0) is 6.54 Å². The molecule has 0 aromatic heterocycles. The molecule has 1 aromatic rings. The van der Waals surface area contributed by atoms with Gasteiger partial charge in [0.1, 0.15) is 0 Å². The van der Waals surface area contributed by atoms with Crippen LogP contribution >= 0.6 is 23.2 Å². The molecule has 1 heterocycles. The van der Waals surface area contributed by atoms with E-state index in [0.29, 0.717) is 23.9 Å². The van der Waals surface area contributed by atoms with Gasteiger partial charge in [0, 0.05) is 24.5 Å². The van der Waals surface area contributed by atoms with Crippen LogP contribution in [0.4, 0.5) is 0 Å². The van der Waals surface area contributed by atoms with Gasteiger partial charge in [-0.1, -0.05) is 30.3 Å². The van der Waals surface area contributed by atoms with Gasteiger partial charge in [-0.25, -0.2) is 0 Å². The minimum absolute atomic E-state index is 0.155. The predicted octanol–water partition coefficient (Wildman–Crippen LogP) is 4.13. The van der Waals surface area contributed by atoms with Crippen LogP contribution in [0.5, 0.6) is 0 Å². The zero-order chi connectivity index (χ0) is 13.1. The zero-order valence-electron chi connectivity index (χ0n) is 11.0. The molecule has 1 aromatic carbocycles. The summed E-state index contributed by atoms with van der Waals surface area (Å²) in [5, 5.41) is 0.155. The van der Waals surface area contributed by atoms with Gasteiger partial charge >= 0.3 is 0 Å². The molecule has 0 amide bonds. The van der Waals surface area contributed by atoms with Crippen molar-refractivity contribution in [3.63, 3.8) is 0 Å². The molecule has 3 heteroatoms. The maximum Gasteiger partial charge on any atom is 0.0529 e. The molecule has 4 unspecified atom stereocenters. The average molecular weight is 286 g/mol. The second-order valence-corrected chi connectivity index (χ2v) is 6.15. The molecule has 0 radical (unpaired) electrons. The van der Waals surface area contributed by atoms with Gasteiger partial charge in [0.25, 0.3) is 0 Å². The largest absolute Gasteiger partial charge is 0.292 e. The first kappa shape index (κ1) is 14.2. The lowest BCUT2D eigenvalue weighted by Gasteiger charge is -2.45. The number of hydrogen-bond acceptors (Lipinski definition) is 1. The third-order valence-corrected chi connectivity index (χ3v) is 5.17. The number of rotatable bonds is 3. The second kappa shape index (κ2) is 6.27. The molecular formula is C15H21Cl2N. The van der Waals surface area contributed by atoms with Gasteiger partial charge in [-0.15, -0.1) is 23.2 Å². The Kier molecular flexibility index (Phi) is 4.94. The number of alkyl halides is 2. The van der Waals surface area contributed by atoms with Crippen LogP contribution < -0.4 is 0 Å². The average Bonchev–Trinajstić information content (AvgIpc) is 2.40. The normalized spacial score (nSPS) is 33.6. The summed E-state index contributed by atoms with van der Waals surface area (Å²) < 4.78 is 0. The second-order valence-electron chi connectivity index (χ2n) is 5.34. The molecule has 0 spiro atoms. The summed E-state index contributed by atoms with van der Waals surface area (Å²) >= 11 is 12.5. The van der Waals surface area contributed by atoms with E-state index in [2.05, 4.69) is 49.1 Å². The van der Waals surface area contributed by atoms with E-state index in [1.165, 1.54) is 5.56 Å². The topological polar surface area (TPSA) is 3.24 Å². The van der Waals surface area contributed by atoms with Crippen LogP contribution in [0, 0.1) is 5.92 Å². The molecular weight excluding hydrogens is 265 g/mol. The van der Waals surface area contributed by atoms with E-state index >= 15 is 0 Å². The Morgan fingerprint density at radius 1 is 1.22 bits per heavy atom. The summed E-state index contributed by atoms with van der Waals surface area (Å²) in [6.07, 6.45) is 1.09. The molecule has 0 N–H and O–H groups in total. The van der Waals surface area contributed by atoms with E-state index in [-0.39, 0.29) is 5.38 Å². The van der Waals surface area contributed by atoms with Crippen LogP contribution in [0.3, 0.4) is 0 Å². The smallest absolute Gasteiger partial charge is 0.0529 e. The van der Waals surface area contributed by atoms with Crippen LogP contribution in [0.1, 0.15) is 25.8 Å². The van der Waals surface area contributed by atoms with E-state index in [9.17, 15) is 0 Å². The molecule has 0 saturated carbocycles. The van der Waals surface area contributed by atoms with Crippen molar-refractivity contribution in [1.82, 2.24) is 4.90 Å². The monoisotopic (exact) mass is 285 g/mol. The number of piperidine rings is 1. The summed E-state index contributed by atoms with van der Waals surface area (Å²) in [6, 6.07) is 11.5. The van der Waals surface area contributed by atoms with Crippen molar-refractivity contribution in [2.45, 2.75) is 44.3 Å². The molecule has 0 aliphatic carbocycles. The SMILES string of the molecule is CC1CC(CCl)C(Cl)C(C)N1Cc1ccccc1. The highest BCUT2D eigenvalue weighted by molar-refractivity contribution is 6.23. The minimum atomic E-state index is 0.155. The van der Waals surface area contributed by atoms with Gasteiger partial charge in [-0.2, -0.15) is 0 Å². The third-order valence-electron chi connectivity index (χ3n) is 4.05. The Balaban J connectivity index is 2.08. The Bertz CT molecular complexity index is 368. The molecule has 0 bridgehead atoms. The Labute approximate surface area is 120 Å². The van der Waals surface area contributed by atoms with Crippen molar-refractivity contribution in [2.24, 2.45) is 5.92 Å². The van der Waals surface area contributed by atoms with Gasteiger partial charge in [-0.3, -0.25) is 4.90 Å². The summed E-state index contributed by atoms with van der Waals surface area (Å²) in [5.74, 6) is 1.10. The summed E-state index contributed by atoms with van der Waals surface area (Å²) in [4.78, 5) is 2.50. The molecule has 2 rings (SSSR count). The van der Waals surface area contributed by atoms with E-state index in [4.69, 9.17) is 23.2 Å². The number of nitrogens with zero attached hydrogens (tertiary/aromatic N) is 1. The standard InChI is InChI=1S/C15H21Cl2N/c1-11-8-14(9-16)15(17)12(2)18(11)10-13-6-4-3-5-7-13/h3-7,11-12,14-15H,8-10H2,1-2H3. The Morgan fingerprint density at radius 2 is 1.89 bits per heavy atom. The summed E-state index contributed by atoms with van der Waals surface area (Å²) in [5.41, 5.74) is 1.35. The van der Waals surface area contributed by atoms with Crippen LogP contribution in [0.2, 0.25) is 0 Å². The third kappa shape index (κ3) is 3.01. The number of hydrogen-bond donors (Lipinski definition) is 0. The number of halogens is 2. The van der Waals surface area contributed by atoms with Crippen molar-refractivity contribution in [3.8, 4) is 0 Å². The molecule has 100 valence electrons. The van der Waals surface area contributed by atoms with Crippen molar-refractivity contribution >= 4 is 23.2 Å². The van der Waals surface area contributed by atoms with Crippen LogP contribution in [0.25, 0.3) is 0 Å². The molecule has 1 aliphatic rings. The summed E-state index contributed by atoms with van der Waals surface area (Å²) in [6.45, 7) is 5.47. The maximum atomic E-state index is 6.53. The lowest BCUT2D eigenvalue weighted by atomic mass is 9.87.